The van der Waals surface area contributed by atoms with Gasteiger partial charge in [0.05, 0.1) is 13.7 Å². The molecule has 110 valence electrons. The van der Waals surface area contributed by atoms with E-state index in [0.717, 1.165) is 0 Å². The third-order valence-electron chi connectivity index (χ3n) is 2.37. The summed E-state index contributed by atoms with van der Waals surface area (Å²) in [6.07, 6.45) is 0. The van der Waals surface area contributed by atoms with Crippen LogP contribution in [0.2, 0.25) is 0 Å². The minimum atomic E-state index is -0.750. The fraction of sp³-hybridized carbons (Fsp3) is 0.385. The third-order valence-corrected chi connectivity index (χ3v) is 2.37. The smallest absolute Gasteiger partial charge is 0.343 e. The second kappa shape index (κ2) is 8.13. The summed E-state index contributed by atoms with van der Waals surface area (Å²) in [5.41, 5.74) is 6.12. The number of carbonyl (C=O) groups excluding carboxylic acids is 2. The van der Waals surface area contributed by atoms with Crippen LogP contribution in [0.1, 0.15) is 0 Å². The molecule has 1 atom stereocenters. The molecule has 1 unspecified atom stereocenters. The van der Waals surface area contributed by atoms with Crippen LogP contribution in [0.4, 0.5) is 5.69 Å². The maximum Gasteiger partial charge on any atom is 0.343 e. The molecule has 1 aromatic rings. The number of esters is 1. The van der Waals surface area contributed by atoms with Gasteiger partial charge < -0.3 is 25.3 Å². The standard InChI is InChI=1S/C13H18N2O5/c1-18-7-11(14)13(17)15-9-4-3-5-10(6-9)20-8-12(16)19-2/h3-6,11H,7-8,14H2,1-2H3,(H,15,17). The molecule has 0 aliphatic carbocycles. The molecule has 0 spiro atoms. The van der Waals surface area contributed by atoms with Crippen molar-refractivity contribution < 1.29 is 23.8 Å². The second-order valence-electron chi connectivity index (χ2n) is 3.94. The van der Waals surface area contributed by atoms with Crippen molar-refractivity contribution in [1.29, 1.82) is 0 Å². The molecule has 3 N–H and O–H groups in total. The van der Waals surface area contributed by atoms with Crippen LogP contribution in [-0.2, 0) is 19.1 Å². The zero-order valence-electron chi connectivity index (χ0n) is 11.4. The van der Waals surface area contributed by atoms with E-state index < -0.39 is 12.0 Å². The summed E-state index contributed by atoms with van der Waals surface area (Å²) >= 11 is 0. The number of amides is 1. The summed E-state index contributed by atoms with van der Waals surface area (Å²) in [5.74, 6) is -0.410. The highest BCUT2D eigenvalue weighted by atomic mass is 16.6. The molecule has 7 heteroatoms. The normalized spacial score (nSPS) is 11.6. The number of rotatable bonds is 7. The van der Waals surface area contributed by atoms with Crippen LogP contribution in [0.3, 0.4) is 0 Å². The molecule has 7 nitrogen and oxygen atoms in total. The Morgan fingerprint density at radius 1 is 1.35 bits per heavy atom. The number of nitrogens with one attached hydrogen (secondary N) is 1. The molecule has 1 aromatic carbocycles. The molecule has 0 radical (unpaired) electrons. The quantitative estimate of drug-likeness (QED) is 0.691. The predicted molar refractivity (Wildman–Crippen MR) is 72.4 cm³/mol. The van der Waals surface area contributed by atoms with Crippen molar-refractivity contribution >= 4 is 17.6 Å². The topological polar surface area (TPSA) is 99.9 Å². The van der Waals surface area contributed by atoms with Gasteiger partial charge in [-0.1, -0.05) is 6.07 Å². The summed E-state index contributed by atoms with van der Waals surface area (Å²) in [6.45, 7) is -0.0680. The molecule has 0 saturated carbocycles. The second-order valence-corrected chi connectivity index (χ2v) is 3.94. The summed E-state index contributed by atoms with van der Waals surface area (Å²) in [5, 5.41) is 2.63. The molecule has 20 heavy (non-hydrogen) atoms. The van der Waals surface area contributed by atoms with Crippen LogP contribution in [-0.4, -0.2) is 45.4 Å². The van der Waals surface area contributed by atoms with E-state index in [1.807, 2.05) is 0 Å². The van der Waals surface area contributed by atoms with Crippen molar-refractivity contribution in [1.82, 2.24) is 0 Å². The van der Waals surface area contributed by atoms with Crippen molar-refractivity contribution in [3.05, 3.63) is 24.3 Å². The highest BCUT2D eigenvalue weighted by Gasteiger charge is 2.13. The van der Waals surface area contributed by atoms with Crippen molar-refractivity contribution in [2.45, 2.75) is 6.04 Å². The number of hydrogen-bond donors (Lipinski definition) is 2. The SMILES string of the molecule is COCC(N)C(=O)Nc1cccc(OCC(=O)OC)c1. The van der Waals surface area contributed by atoms with E-state index in [9.17, 15) is 9.59 Å². The first-order chi connectivity index (χ1) is 9.56. The van der Waals surface area contributed by atoms with Crippen molar-refractivity contribution in [2.75, 3.05) is 32.8 Å². The van der Waals surface area contributed by atoms with Gasteiger partial charge in [0.1, 0.15) is 11.8 Å². The molecule has 0 aromatic heterocycles. The van der Waals surface area contributed by atoms with Gasteiger partial charge in [0.25, 0.3) is 0 Å². The fourth-order valence-corrected chi connectivity index (χ4v) is 1.36. The molecule has 1 amide bonds. The summed E-state index contributed by atoms with van der Waals surface area (Å²) in [7, 11) is 2.74. The highest BCUT2D eigenvalue weighted by molar-refractivity contribution is 5.94. The number of benzene rings is 1. The lowest BCUT2D eigenvalue weighted by molar-refractivity contribution is -0.142. The summed E-state index contributed by atoms with van der Waals surface area (Å²) < 4.78 is 14.5. The molecule has 0 heterocycles. The first-order valence-corrected chi connectivity index (χ1v) is 5.92. The largest absolute Gasteiger partial charge is 0.482 e. The number of methoxy groups -OCH3 is 2. The van der Waals surface area contributed by atoms with Crippen LogP contribution in [0.15, 0.2) is 24.3 Å². The minimum absolute atomic E-state index is 0.129. The van der Waals surface area contributed by atoms with E-state index >= 15 is 0 Å². The maximum atomic E-state index is 11.7. The Bertz CT molecular complexity index is 464. The Morgan fingerprint density at radius 2 is 2.10 bits per heavy atom. The number of nitrogens with two attached hydrogens (primary N) is 1. The van der Waals surface area contributed by atoms with Crippen molar-refractivity contribution in [3.63, 3.8) is 0 Å². The lowest BCUT2D eigenvalue weighted by atomic mass is 10.2. The molecular weight excluding hydrogens is 264 g/mol. The van der Waals surface area contributed by atoms with Gasteiger partial charge in [-0.2, -0.15) is 0 Å². The van der Waals surface area contributed by atoms with Gasteiger partial charge in [0, 0.05) is 18.9 Å². The lowest BCUT2D eigenvalue weighted by Crippen LogP contribution is -2.39. The molecule has 0 saturated heterocycles. The highest BCUT2D eigenvalue weighted by Crippen LogP contribution is 2.17. The Labute approximate surface area is 117 Å². The molecule has 0 fully saturated rings. The van der Waals surface area contributed by atoms with E-state index in [0.29, 0.717) is 11.4 Å². The average Bonchev–Trinajstić information content (AvgIpc) is 2.45. The molecular formula is C13H18N2O5. The van der Waals surface area contributed by atoms with E-state index in [1.165, 1.54) is 14.2 Å². The number of hydrogen-bond acceptors (Lipinski definition) is 6. The van der Waals surface area contributed by atoms with Crippen LogP contribution in [0.25, 0.3) is 0 Å². The first-order valence-electron chi connectivity index (χ1n) is 5.92. The first kappa shape index (κ1) is 15.9. The van der Waals surface area contributed by atoms with Crippen LogP contribution < -0.4 is 15.8 Å². The van der Waals surface area contributed by atoms with E-state index in [-0.39, 0.29) is 19.1 Å². The number of carbonyl (C=O) groups is 2. The Balaban J connectivity index is 2.59. The van der Waals surface area contributed by atoms with E-state index in [4.69, 9.17) is 15.2 Å². The molecule has 1 rings (SSSR count). The molecule has 0 aliphatic heterocycles. The van der Waals surface area contributed by atoms with Gasteiger partial charge in [0.2, 0.25) is 5.91 Å². The minimum Gasteiger partial charge on any atom is -0.482 e. The Hall–Kier alpha value is -2.12. The van der Waals surface area contributed by atoms with Gasteiger partial charge in [-0.15, -0.1) is 0 Å². The zero-order chi connectivity index (χ0) is 15.0. The van der Waals surface area contributed by atoms with Gasteiger partial charge in [-0.05, 0) is 12.1 Å². The van der Waals surface area contributed by atoms with Gasteiger partial charge >= 0.3 is 5.97 Å². The van der Waals surface area contributed by atoms with Crippen LogP contribution in [0, 0.1) is 0 Å². The number of anilines is 1. The molecule has 0 bridgehead atoms. The van der Waals surface area contributed by atoms with Crippen LogP contribution in [0.5, 0.6) is 5.75 Å². The average molecular weight is 282 g/mol. The Kier molecular flexibility index (Phi) is 6.48. The monoisotopic (exact) mass is 282 g/mol. The van der Waals surface area contributed by atoms with Crippen molar-refractivity contribution in [2.24, 2.45) is 5.73 Å². The Morgan fingerprint density at radius 3 is 2.75 bits per heavy atom. The van der Waals surface area contributed by atoms with Crippen molar-refractivity contribution in [3.8, 4) is 5.75 Å². The predicted octanol–water partition coefficient (Wildman–Crippen LogP) is 0.151. The van der Waals surface area contributed by atoms with Gasteiger partial charge in [-0.3, -0.25) is 4.79 Å². The third kappa shape index (κ3) is 5.25. The van der Waals surface area contributed by atoms with Crippen LogP contribution >= 0.6 is 0 Å². The lowest BCUT2D eigenvalue weighted by Gasteiger charge is -2.12. The van der Waals surface area contributed by atoms with Gasteiger partial charge in [0.15, 0.2) is 6.61 Å². The van der Waals surface area contributed by atoms with E-state index in [2.05, 4.69) is 10.1 Å². The number of ether oxygens (including phenoxy) is 3. The zero-order valence-corrected chi connectivity index (χ0v) is 11.4. The van der Waals surface area contributed by atoms with Gasteiger partial charge in [-0.25, -0.2) is 4.79 Å². The van der Waals surface area contributed by atoms with E-state index in [1.54, 1.807) is 24.3 Å². The summed E-state index contributed by atoms with van der Waals surface area (Å²) in [6, 6.07) is 5.86. The fourth-order valence-electron chi connectivity index (χ4n) is 1.36. The molecule has 0 aliphatic rings. The summed E-state index contributed by atoms with van der Waals surface area (Å²) in [4.78, 5) is 22.7. The maximum absolute atomic E-state index is 11.7.